The number of amides is 1. The van der Waals surface area contributed by atoms with Crippen molar-refractivity contribution >= 4 is 5.91 Å². The van der Waals surface area contributed by atoms with Crippen molar-refractivity contribution in [3.63, 3.8) is 0 Å². The van der Waals surface area contributed by atoms with E-state index in [0.29, 0.717) is 22.8 Å². The number of ether oxygens (including phenoxy) is 3. The van der Waals surface area contributed by atoms with E-state index in [1.807, 2.05) is 0 Å². The molecule has 0 spiro atoms. The number of hydrogen-bond acceptors (Lipinski definition) is 5. The Balaban J connectivity index is 2.33. The van der Waals surface area contributed by atoms with Crippen LogP contribution in [0.15, 0.2) is 42.5 Å². The maximum absolute atomic E-state index is 12.6. The molecule has 0 aliphatic heterocycles. The molecule has 124 valence electrons. The Labute approximate surface area is 140 Å². The van der Waals surface area contributed by atoms with Gasteiger partial charge in [-0.1, -0.05) is 24.3 Å². The second-order valence-electron chi connectivity index (χ2n) is 4.82. The number of para-hydroxylation sites is 2. The van der Waals surface area contributed by atoms with Crippen molar-refractivity contribution in [3.05, 3.63) is 53.6 Å². The Hall–Kier alpha value is -3.20. The van der Waals surface area contributed by atoms with Gasteiger partial charge in [0, 0.05) is 5.56 Å². The molecule has 0 saturated carbocycles. The largest absolute Gasteiger partial charge is 0.496 e. The summed E-state index contributed by atoms with van der Waals surface area (Å²) in [5, 5.41) is 12.1. The third-order valence-electron chi connectivity index (χ3n) is 3.50. The normalized spacial score (nSPS) is 11.1. The first-order valence-corrected chi connectivity index (χ1v) is 7.20. The summed E-state index contributed by atoms with van der Waals surface area (Å²) < 4.78 is 15.7. The first kappa shape index (κ1) is 17.2. The van der Waals surface area contributed by atoms with Crippen LogP contribution in [0.5, 0.6) is 17.2 Å². The summed E-state index contributed by atoms with van der Waals surface area (Å²) in [5.74, 6) is 0.843. The number of carbonyl (C=O) groups excluding carboxylic acids is 1. The van der Waals surface area contributed by atoms with Gasteiger partial charge in [0.05, 0.1) is 33.0 Å². The second-order valence-corrected chi connectivity index (χ2v) is 4.82. The molecule has 6 heteroatoms. The monoisotopic (exact) mass is 326 g/mol. The Morgan fingerprint density at radius 1 is 1.00 bits per heavy atom. The summed E-state index contributed by atoms with van der Waals surface area (Å²) >= 11 is 0. The zero-order chi connectivity index (χ0) is 17.5. The van der Waals surface area contributed by atoms with Crippen molar-refractivity contribution in [2.24, 2.45) is 0 Å². The van der Waals surface area contributed by atoms with Crippen LogP contribution in [0, 0.1) is 11.3 Å². The van der Waals surface area contributed by atoms with E-state index in [9.17, 15) is 10.1 Å². The molecule has 0 aromatic heterocycles. The molecule has 1 atom stereocenters. The summed E-state index contributed by atoms with van der Waals surface area (Å²) in [6.07, 6.45) is 0. The summed E-state index contributed by atoms with van der Waals surface area (Å²) in [5.41, 5.74) is 0.865. The van der Waals surface area contributed by atoms with Crippen molar-refractivity contribution in [3.8, 4) is 23.3 Å². The van der Waals surface area contributed by atoms with Gasteiger partial charge in [0.2, 0.25) is 0 Å². The van der Waals surface area contributed by atoms with Crippen molar-refractivity contribution in [1.82, 2.24) is 5.32 Å². The lowest BCUT2D eigenvalue weighted by atomic mass is 10.1. The molecule has 0 fully saturated rings. The quantitative estimate of drug-likeness (QED) is 0.883. The molecule has 0 bridgehead atoms. The van der Waals surface area contributed by atoms with E-state index in [0.717, 1.165) is 0 Å². The van der Waals surface area contributed by atoms with Crippen LogP contribution in [0.4, 0.5) is 0 Å². The number of benzene rings is 2. The smallest absolute Gasteiger partial charge is 0.256 e. The maximum Gasteiger partial charge on any atom is 0.256 e. The highest BCUT2D eigenvalue weighted by Crippen LogP contribution is 2.31. The van der Waals surface area contributed by atoms with E-state index < -0.39 is 11.9 Å². The van der Waals surface area contributed by atoms with E-state index in [-0.39, 0.29) is 5.56 Å². The van der Waals surface area contributed by atoms with Gasteiger partial charge in [0.25, 0.3) is 5.91 Å². The molecular weight excluding hydrogens is 308 g/mol. The molecule has 2 aromatic carbocycles. The molecule has 1 amide bonds. The standard InChI is InChI=1S/C18H18N2O4/c1-22-15-9-5-4-7-12(15)14(11-19)20-18(21)13-8-6-10-16(23-2)17(13)24-3/h4-10,14H,1-3H3,(H,20,21)/t14-/m0/s1. The molecule has 6 nitrogen and oxygen atoms in total. The second kappa shape index (κ2) is 7.88. The number of methoxy groups -OCH3 is 3. The summed E-state index contributed by atoms with van der Waals surface area (Å²) in [7, 11) is 4.46. The van der Waals surface area contributed by atoms with Crippen molar-refractivity contribution < 1.29 is 19.0 Å². The third-order valence-corrected chi connectivity index (χ3v) is 3.50. The number of nitrogens with one attached hydrogen (secondary N) is 1. The number of nitrogens with zero attached hydrogens (tertiary/aromatic N) is 1. The number of hydrogen-bond donors (Lipinski definition) is 1. The van der Waals surface area contributed by atoms with Crippen LogP contribution >= 0.6 is 0 Å². The minimum absolute atomic E-state index is 0.284. The van der Waals surface area contributed by atoms with Crippen LogP contribution in [0.1, 0.15) is 22.0 Å². The van der Waals surface area contributed by atoms with Gasteiger partial charge in [-0.3, -0.25) is 4.79 Å². The topological polar surface area (TPSA) is 80.6 Å². The average Bonchev–Trinajstić information content (AvgIpc) is 2.64. The van der Waals surface area contributed by atoms with Crippen molar-refractivity contribution in [2.45, 2.75) is 6.04 Å². The van der Waals surface area contributed by atoms with Crippen LogP contribution in [-0.2, 0) is 0 Å². The fourth-order valence-electron chi connectivity index (χ4n) is 2.36. The minimum atomic E-state index is -0.857. The molecule has 0 radical (unpaired) electrons. The fraction of sp³-hybridized carbons (Fsp3) is 0.222. The molecule has 0 unspecified atom stereocenters. The highest BCUT2D eigenvalue weighted by molar-refractivity contribution is 5.98. The Kier molecular flexibility index (Phi) is 5.63. The first-order chi connectivity index (χ1) is 11.7. The molecule has 2 rings (SSSR count). The molecule has 0 heterocycles. The molecule has 0 aliphatic rings. The fourth-order valence-corrected chi connectivity index (χ4v) is 2.36. The van der Waals surface area contributed by atoms with Crippen molar-refractivity contribution in [1.29, 1.82) is 5.26 Å². The van der Waals surface area contributed by atoms with Gasteiger partial charge in [-0.15, -0.1) is 0 Å². The van der Waals surface area contributed by atoms with Crippen LogP contribution in [0.25, 0.3) is 0 Å². The molecule has 0 aliphatic carbocycles. The van der Waals surface area contributed by atoms with Crippen LogP contribution in [0.3, 0.4) is 0 Å². The van der Waals surface area contributed by atoms with Gasteiger partial charge in [-0.2, -0.15) is 5.26 Å². The van der Waals surface area contributed by atoms with Gasteiger partial charge < -0.3 is 19.5 Å². The van der Waals surface area contributed by atoms with Crippen LogP contribution in [0.2, 0.25) is 0 Å². The summed E-state index contributed by atoms with van der Waals surface area (Å²) in [6.45, 7) is 0. The lowest BCUT2D eigenvalue weighted by molar-refractivity contribution is 0.0941. The Morgan fingerprint density at radius 2 is 1.67 bits per heavy atom. The van der Waals surface area contributed by atoms with Crippen molar-refractivity contribution in [2.75, 3.05) is 21.3 Å². The number of rotatable bonds is 6. The molecule has 2 aromatic rings. The van der Waals surface area contributed by atoms with Gasteiger partial charge in [-0.25, -0.2) is 0 Å². The number of nitriles is 1. The zero-order valence-corrected chi connectivity index (χ0v) is 13.7. The molecule has 24 heavy (non-hydrogen) atoms. The lowest BCUT2D eigenvalue weighted by Gasteiger charge is -2.17. The highest BCUT2D eigenvalue weighted by Gasteiger charge is 2.22. The van der Waals surface area contributed by atoms with E-state index in [1.165, 1.54) is 21.3 Å². The molecule has 1 N–H and O–H groups in total. The van der Waals surface area contributed by atoms with E-state index >= 15 is 0 Å². The van der Waals surface area contributed by atoms with E-state index in [2.05, 4.69) is 11.4 Å². The zero-order valence-electron chi connectivity index (χ0n) is 13.7. The molecule has 0 saturated heterocycles. The predicted molar refractivity (Wildman–Crippen MR) is 88.4 cm³/mol. The lowest BCUT2D eigenvalue weighted by Crippen LogP contribution is -2.28. The average molecular weight is 326 g/mol. The maximum atomic E-state index is 12.6. The van der Waals surface area contributed by atoms with Crippen LogP contribution < -0.4 is 19.5 Å². The SMILES string of the molecule is COc1ccccc1[C@H](C#N)NC(=O)c1cccc(OC)c1OC. The summed E-state index contributed by atoms with van der Waals surface area (Å²) in [6, 6.07) is 13.2. The van der Waals surface area contributed by atoms with E-state index in [4.69, 9.17) is 14.2 Å². The summed E-state index contributed by atoms with van der Waals surface area (Å²) in [4.78, 5) is 12.6. The van der Waals surface area contributed by atoms with Crippen LogP contribution in [-0.4, -0.2) is 27.2 Å². The van der Waals surface area contributed by atoms with Gasteiger partial charge in [0.15, 0.2) is 11.5 Å². The Bertz CT molecular complexity index is 768. The predicted octanol–water partition coefficient (Wildman–Crippen LogP) is 2.71. The highest BCUT2D eigenvalue weighted by atomic mass is 16.5. The van der Waals surface area contributed by atoms with Gasteiger partial charge in [0.1, 0.15) is 11.8 Å². The van der Waals surface area contributed by atoms with E-state index in [1.54, 1.807) is 42.5 Å². The third kappa shape index (κ3) is 3.41. The Morgan fingerprint density at radius 3 is 2.29 bits per heavy atom. The first-order valence-electron chi connectivity index (χ1n) is 7.20. The van der Waals surface area contributed by atoms with Gasteiger partial charge >= 0.3 is 0 Å². The van der Waals surface area contributed by atoms with Gasteiger partial charge in [-0.05, 0) is 18.2 Å². The number of carbonyl (C=O) groups is 1. The minimum Gasteiger partial charge on any atom is -0.496 e. The molecular formula is C18H18N2O4.